The Kier molecular flexibility index (Phi) is 5.33. The van der Waals surface area contributed by atoms with Crippen LogP contribution in [0.1, 0.15) is 18.5 Å². The molecule has 1 heterocycles. The average Bonchev–Trinajstić information content (AvgIpc) is 2.82. The number of nitrogens with zero attached hydrogens (tertiary/aromatic N) is 2. The lowest BCUT2D eigenvalue weighted by Crippen LogP contribution is -2.28. The van der Waals surface area contributed by atoms with Crippen LogP contribution in [0.4, 0.5) is 5.95 Å². The van der Waals surface area contributed by atoms with Crippen molar-refractivity contribution in [2.45, 2.75) is 18.1 Å². The number of rotatable bonds is 5. The predicted octanol–water partition coefficient (Wildman–Crippen LogP) is 2.66. The minimum Gasteiger partial charge on any atom is -0.368 e. The molecule has 0 saturated carbocycles. The minimum absolute atomic E-state index is 0.151. The van der Waals surface area contributed by atoms with Gasteiger partial charge in [-0.25, -0.2) is 5.10 Å². The Morgan fingerprint density at radius 2 is 2.29 bits per heavy atom. The average molecular weight is 346 g/mol. The first-order valence-corrected chi connectivity index (χ1v) is 7.75. The maximum absolute atomic E-state index is 11.9. The summed E-state index contributed by atoms with van der Waals surface area (Å²) in [5.74, 6) is 0.258. The smallest absolute Gasteiger partial charge is 0.230 e. The Balaban J connectivity index is 1.89. The lowest BCUT2D eigenvalue weighted by Gasteiger charge is -2.15. The molecule has 1 aromatic heterocycles. The van der Waals surface area contributed by atoms with E-state index in [0.29, 0.717) is 15.2 Å². The van der Waals surface area contributed by atoms with E-state index in [4.69, 9.17) is 28.9 Å². The van der Waals surface area contributed by atoms with Crippen molar-refractivity contribution in [1.82, 2.24) is 20.5 Å². The maximum atomic E-state index is 11.9. The van der Waals surface area contributed by atoms with Crippen molar-refractivity contribution in [3.05, 3.63) is 33.8 Å². The van der Waals surface area contributed by atoms with Crippen LogP contribution in [0.3, 0.4) is 0 Å². The number of hydrogen-bond donors (Lipinski definition) is 3. The van der Waals surface area contributed by atoms with Crippen LogP contribution in [0, 0.1) is 0 Å². The first kappa shape index (κ1) is 15.9. The van der Waals surface area contributed by atoms with Gasteiger partial charge in [-0.15, -0.1) is 5.10 Å². The summed E-state index contributed by atoms with van der Waals surface area (Å²) in [6.07, 6.45) is 0. The predicted molar refractivity (Wildman–Crippen MR) is 84.5 cm³/mol. The zero-order valence-corrected chi connectivity index (χ0v) is 13.4. The molecule has 4 N–H and O–H groups in total. The second kappa shape index (κ2) is 7.02. The van der Waals surface area contributed by atoms with Gasteiger partial charge in [0.1, 0.15) is 0 Å². The number of carbonyl (C=O) groups excluding carboxylic acids is 1. The van der Waals surface area contributed by atoms with E-state index in [1.807, 2.05) is 6.92 Å². The van der Waals surface area contributed by atoms with Crippen molar-refractivity contribution < 1.29 is 4.79 Å². The molecule has 0 aliphatic carbocycles. The number of anilines is 1. The molecule has 112 valence electrons. The van der Waals surface area contributed by atoms with Crippen LogP contribution in [0.5, 0.6) is 0 Å². The van der Waals surface area contributed by atoms with Gasteiger partial charge in [0.2, 0.25) is 17.0 Å². The van der Waals surface area contributed by atoms with Crippen molar-refractivity contribution in [3.63, 3.8) is 0 Å². The van der Waals surface area contributed by atoms with Gasteiger partial charge in [0.15, 0.2) is 0 Å². The van der Waals surface area contributed by atoms with Crippen LogP contribution in [-0.2, 0) is 4.79 Å². The Morgan fingerprint density at radius 1 is 1.52 bits per heavy atom. The topological polar surface area (TPSA) is 96.7 Å². The summed E-state index contributed by atoms with van der Waals surface area (Å²) in [6, 6.07) is 4.95. The molecule has 21 heavy (non-hydrogen) atoms. The summed E-state index contributed by atoms with van der Waals surface area (Å²) in [5, 5.41) is 10.7. The van der Waals surface area contributed by atoms with E-state index in [9.17, 15) is 4.79 Å². The number of amides is 1. The van der Waals surface area contributed by atoms with Crippen molar-refractivity contribution in [1.29, 1.82) is 0 Å². The maximum Gasteiger partial charge on any atom is 0.230 e. The molecule has 1 atom stereocenters. The summed E-state index contributed by atoms with van der Waals surface area (Å²) < 4.78 is 0. The van der Waals surface area contributed by atoms with Crippen LogP contribution in [0.15, 0.2) is 23.4 Å². The van der Waals surface area contributed by atoms with E-state index in [2.05, 4.69) is 20.5 Å². The number of benzene rings is 1. The number of nitrogens with two attached hydrogens (primary N) is 1. The fourth-order valence-corrected chi connectivity index (χ4v) is 2.86. The number of aromatic nitrogens is 3. The fraction of sp³-hybridized carbons (Fsp3) is 0.250. The molecule has 0 bridgehead atoms. The van der Waals surface area contributed by atoms with E-state index in [1.165, 1.54) is 11.8 Å². The third-order valence-corrected chi connectivity index (χ3v) is 4.03. The summed E-state index contributed by atoms with van der Waals surface area (Å²) in [7, 11) is 0. The highest BCUT2D eigenvalue weighted by molar-refractivity contribution is 7.99. The number of carbonyl (C=O) groups is 1. The van der Waals surface area contributed by atoms with E-state index in [-0.39, 0.29) is 23.7 Å². The third-order valence-electron chi connectivity index (χ3n) is 2.62. The normalized spacial score (nSPS) is 12.1. The van der Waals surface area contributed by atoms with Gasteiger partial charge in [-0.1, -0.05) is 41.0 Å². The van der Waals surface area contributed by atoms with Gasteiger partial charge in [0.25, 0.3) is 0 Å². The molecule has 0 aliphatic rings. The van der Waals surface area contributed by atoms with Gasteiger partial charge in [0, 0.05) is 10.0 Å². The number of H-pyrrole nitrogens is 1. The van der Waals surface area contributed by atoms with Gasteiger partial charge < -0.3 is 11.1 Å². The highest BCUT2D eigenvalue weighted by atomic mass is 35.5. The lowest BCUT2D eigenvalue weighted by atomic mass is 10.1. The standard InChI is InChI=1S/C12H13Cl2N5OS/c1-6(8-3-2-7(13)4-9(8)14)16-10(20)5-21-12-17-11(15)18-19-12/h2-4,6H,5H2,1H3,(H,16,20)(H3,15,17,18,19)/t6-/m0/s1. The fourth-order valence-electron chi connectivity index (χ4n) is 1.67. The van der Waals surface area contributed by atoms with Crippen molar-refractivity contribution in [2.24, 2.45) is 0 Å². The largest absolute Gasteiger partial charge is 0.368 e. The second-order valence-electron chi connectivity index (χ2n) is 4.25. The molecule has 0 spiro atoms. The molecule has 2 aromatic rings. The number of aromatic amines is 1. The Morgan fingerprint density at radius 3 is 2.90 bits per heavy atom. The second-order valence-corrected chi connectivity index (χ2v) is 6.03. The van der Waals surface area contributed by atoms with Crippen molar-refractivity contribution in [3.8, 4) is 0 Å². The molecular formula is C12H13Cl2N5OS. The molecule has 1 amide bonds. The molecular weight excluding hydrogens is 333 g/mol. The zero-order valence-electron chi connectivity index (χ0n) is 11.1. The quantitative estimate of drug-likeness (QED) is 0.723. The van der Waals surface area contributed by atoms with Gasteiger partial charge in [-0.2, -0.15) is 4.98 Å². The molecule has 0 saturated heterocycles. The van der Waals surface area contributed by atoms with Crippen molar-refractivity contribution in [2.75, 3.05) is 11.5 Å². The minimum atomic E-state index is -0.222. The SMILES string of the molecule is C[C@H](NC(=O)CSc1n[nH]c(N)n1)c1ccc(Cl)cc1Cl. The van der Waals surface area contributed by atoms with Crippen LogP contribution >= 0.6 is 35.0 Å². The van der Waals surface area contributed by atoms with Gasteiger partial charge in [0.05, 0.1) is 11.8 Å². The number of nitrogen functional groups attached to an aromatic ring is 1. The highest BCUT2D eigenvalue weighted by Crippen LogP contribution is 2.26. The number of hydrogen-bond acceptors (Lipinski definition) is 5. The summed E-state index contributed by atoms with van der Waals surface area (Å²) in [4.78, 5) is 15.8. The Bertz CT molecular complexity index is 648. The first-order chi connectivity index (χ1) is 9.95. The summed E-state index contributed by atoms with van der Waals surface area (Å²) >= 11 is 13.1. The third kappa shape index (κ3) is 4.52. The van der Waals surface area contributed by atoms with Crippen LogP contribution in [0.25, 0.3) is 0 Å². The van der Waals surface area contributed by atoms with Crippen LogP contribution in [-0.4, -0.2) is 26.8 Å². The van der Waals surface area contributed by atoms with Crippen molar-refractivity contribution >= 4 is 46.8 Å². The van der Waals surface area contributed by atoms with Gasteiger partial charge in [-0.05, 0) is 24.6 Å². The Labute approximate surface area is 135 Å². The number of halogens is 2. The molecule has 2 rings (SSSR count). The van der Waals surface area contributed by atoms with E-state index in [1.54, 1.807) is 18.2 Å². The lowest BCUT2D eigenvalue weighted by molar-refractivity contribution is -0.119. The molecule has 0 fully saturated rings. The van der Waals surface area contributed by atoms with Gasteiger partial charge >= 0.3 is 0 Å². The number of thioether (sulfide) groups is 1. The molecule has 0 radical (unpaired) electrons. The monoisotopic (exact) mass is 345 g/mol. The first-order valence-electron chi connectivity index (χ1n) is 6.00. The van der Waals surface area contributed by atoms with E-state index >= 15 is 0 Å². The van der Waals surface area contributed by atoms with E-state index < -0.39 is 0 Å². The van der Waals surface area contributed by atoms with E-state index in [0.717, 1.165) is 5.56 Å². The summed E-state index contributed by atoms with van der Waals surface area (Å²) in [5.41, 5.74) is 6.21. The number of nitrogens with one attached hydrogen (secondary N) is 2. The molecule has 0 aliphatic heterocycles. The zero-order chi connectivity index (χ0) is 15.4. The molecule has 6 nitrogen and oxygen atoms in total. The van der Waals surface area contributed by atoms with Gasteiger partial charge in [-0.3, -0.25) is 4.79 Å². The van der Waals surface area contributed by atoms with Crippen LogP contribution < -0.4 is 11.1 Å². The summed E-state index contributed by atoms with van der Waals surface area (Å²) in [6.45, 7) is 1.85. The highest BCUT2D eigenvalue weighted by Gasteiger charge is 2.14. The Hall–Kier alpha value is -1.44. The molecule has 1 aromatic carbocycles. The molecule has 9 heteroatoms. The van der Waals surface area contributed by atoms with Crippen LogP contribution in [0.2, 0.25) is 10.0 Å². The molecule has 0 unspecified atom stereocenters.